The van der Waals surface area contributed by atoms with Gasteiger partial charge in [0.25, 0.3) is 0 Å². The van der Waals surface area contributed by atoms with Gasteiger partial charge in [-0.2, -0.15) is 0 Å². The van der Waals surface area contributed by atoms with Crippen molar-refractivity contribution in [1.82, 2.24) is 4.90 Å². The number of hydrogen-bond acceptors (Lipinski definition) is 1. The van der Waals surface area contributed by atoms with Gasteiger partial charge in [-0.05, 0) is 95.3 Å². The fraction of sp³-hybridized carbons (Fsp3) is 0.680. The maximum atomic E-state index is 2.77. The van der Waals surface area contributed by atoms with Gasteiger partial charge in [-0.15, -0.1) is 0 Å². The molecule has 2 unspecified atom stereocenters. The molecule has 142 valence electrons. The van der Waals surface area contributed by atoms with Crippen molar-refractivity contribution in [2.45, 2.75) is 96.4 Å². The molecule has 3 atom stereocenters. The van der Waals surface area contributed by atoms with E-state index in [9.17, 15) is 0 Å². The third-order valence-electron chi connectivity index (χ3n) is 7.07. The Bertz CT molecular complexity index is 606. The molecule has 26 heavy (non-hydrogen) atoms. The molecule has 1 heteroatoms. The molecule has 4 aliphatic carbocycles. The first-order valence-corrected chi connectivity index (χ1v) is 11.3. The van der Waals surface area contributed by atoms with Gasteiger partial charge in [0.1, 0.15) is 0 Å². The average Bonchev–Trinajstić information content (AvgIpc) is 2.71. The van der Waals surface area contributed by atoms with Gasteiger partial charge in [0, 0.05) is 11.4 Å². The van der Waals surface area contributed by atoms with Crippen LogP contribution in [0.2, 0.25) is 0 Å². The Kier molecular flexibility index (Phi) is 6.02. The summed E-state index contributed by atoms with van der Waals surface area (Å²) in [7, 11) is 0. The maximum absolute atomic E-state index is 2.77. The van der Waals surface area contributed by atoms with Crippen molar-refractivity contribution in [3.8, 4) is 0 Å². The molecule has 0 N–H and O–H groups in total. The summed E-state index contributed by atoms with van der Waals surface area (Å²) >= 11 is 0. The maximum Gasteiger partial charge on any atom is 0.0515 e. The second-order valence-electron chi connectivity index (χ2n) is 9.06. The Morgan fingerprint density at radius 3 is 2.38 bits per heavy atom. The van der Waals surface area contributed by atoms with E-state index in [-0.39, 0.29) is 0 Å². The van der Waals surface area contributed by atoms with Crippen LogP contribution < -0.4 is 0 Å². The third kappa shape index (κ3) is 4.18. The standard InChI is InChI=1S/C25H37N/c1-20-12-14-21(15-13-20)22-16-18-25(19-17-22)26(23-8-4-2-5-9-23)24-10-6-3-7-11-24/h4,8,10,14,18,20,22-23H,2-3,5-7,9,11-13,15-17,19H2,1H3/t20-,22?,23?/m1/s1. The van der Waals surface area contributed by atoms with E-state index >= 15 is 0 Å². The molecule has 4 rings (SSSR count). The Labute approximate surface area is 160 Å². The Balaban J connectivity index is 1.50. The van der Waals surface area contributed by atoms with Gasteiger partial charge >= 0.3 is 0 Å². The summed E-state index contributed by atoms with van der Waals surface area (Å²) in [6.45, 7) is 2.40. The van der Waals surface area contributed by atoms with Gasteiger partial charge < -0.3 is 4.90 Å². The molecule has 0 aromatic heterocycles. The third-order valence-corrected chi connectivity index (χ3v) is 7.07. The van der Waals surface area contributed by atoms with Gasteiger partial charge in [-0.3, -0.25) is 0 Å². The lowest BCUT2D eigenvalue weighted by Crippen LogP contribution is -2.35. The van der Waals surface area contributed by atoms with E-state index in [1.165, 1.54) is 83.5 Å². The van der Waals surface area contributed by atoms with Gasteiger partial charge in [-0.25, -0.2) is 0 Å². The summed E-state index contributed by atoms with van der Waals surface area (Å²) in [5.41, 5.74) is 5.04. The molecule has 0 radical (unpaired) electrons. The van der Waals surface area contributed by atoms with E-state index in [0.29, 0.717) is 6.04 Å². The second kappa shape index (κ2) is 8.63. The van der Waals surface area contributed by atoms with E-state index in [2.05, 4.69) is 42.2 Å². The van der Waals surface area contributed by atoms with Crippen LogP contribution in [0.4, 0.5) is 0 Å². The number of rotatable bonds is 4. The smallest absolute Gasteiger partial charge is 0.0515 e. The van der Waals surface area contributed by atoms with Crippen molar-refractivity contribution < 1.29 is 0 Å². The zero-order valence-corrected chi connectivity index (χ0v) is 16.8. The van der Waals surface area contributed by atoms with Crippen molar-refractivity contribution in [2.24, 2.45) is 11.8 Å². The molecule has 1 nitrogen and oxygen atoms in total. The van der Waals surface area contributed by atoms with Crippen molar-refractivity contribution in [1.29, 1.82) is 0 Å². The molecule has 0 aromatic carbocycles. The molecule has 0 amide bonds. The Morgan fingerprint density at radius 1 is 0.808 bits per heavy atom. The van der Waals surface area contributed by atoms with Crippen LogP contribution in [0, 0.1) is 11.8 Å². The monoisotopic (exact) mass is 351 g/mol. The van der Waals surface area contributed by atoms with Crippen LogP contribution in [-0.2, 0) is 0 Å². The number of nitrogens with zero attached hydrogens (tertiary/aromatic N) is 1. The molecule has 0 saturated heterocycles. The summed E-state index contributed by atoms with van der Waals surface area (Å²) in [6.07, 6.45) is 29.9. The first-order chi connectivity index (χ1) is 12.8. The lowest BCUT2D eigenvalue weighted by atomic mass is 9.79. The molecule has 0 spiro atoms. The lowest BCUT2D eigenvalue weighted by molar-refractivity contribution is 0.290. The van der Waals surface area contributed by atoms with Crippen LogP contribution in [0.5, 0.6) is 0 Å². The molecule has 0 aliphatic heterocycles. The summed E-state index contributed by atoms with van der Waals surface area (Å²) in [4.78, 5) is 2.77. The summed E-state index contributed by atoms with van der Waals surface area (Å²) in [5.74, 6) is 1.73. The zero-order valence-electron chi connectivity index (χ0n) is 16.8. The van der Waals surface area contributed by atoms with Crippen LogP contribution in [-0.4, -0.2) is 10.9 Å². The SMILES string of the molecule is C[C@@H]1CC=C(C2CC=C(N(C3=CCCCC3)C3C=CCCC3)CC2)CC1. The lowest BCUT2D eigenvalue weighted by Gasteiger charge is -2.40. The number of hydrogen-bond donors (Lipinski definition) is 0. The second-order valence-corrected chi connectivity index (χ2v) is 9.06. The topological polar surface area (TPSA) is 3.24 Å². The highest BCUT2D eigenvalue weighted by atomic mass is 15.2. The highest BCUT2D eigenvalue weighted by Crippen LogP contribution is 2.39. The van der Waals surface area contributed by atoms with Crippen molar-refractivity contribution in [3.63, 3.8) is 0 Å². The van der Waals surface area contributed by atoms with E-state index in [4.69, 9.17) is 0 Å². The quantitative estimate of drug-likeness (QED) is 0.481. The van der Waals surface area contributed by atoms with Gasteiger partial charge in [-0.1, -0.05) is 42.9 Å². The molecule has 0 fully saturated rings. The van der Waals surface area contributed by atoms with Gasteiger partial charge in [0.2, 0.25) is 0 Å². The fourth-order valence-electron chi connectivity index (χ4n) is 5.39. The predicted molar refractivity (Wildman–Crippen MR) is 112 cm³/mol. The highest BCUT2D eigenvalue weighted by Gasteiger charge is 2.28. The predicted octanol–water partition coefficient (Wildman–Crippen LogP) is 7.29. The van der Waals surface area contributed by atoms with Crippen LogP contribution in [0.15, 0.2) is 47.3 Å². The van der Waals surface area contributed by atoms with E-state index in [0.717, 1.165) is 11.8 Å². The highest BCUT2D eigenvalue weighted by molar-refractivity contribution is 5.24. The molecular weight excluding hydrogens is 314 g/mol. The van der Waals surface area contributed by atoms with Crippen LogP contribution >= 0.6 is 0 Å². The van der Waals surface area contributed by atoms with E-state index in [1.54, 1.807) is 17.0 Å². The van der Waals surface area contributed by atoms with Crippen LogP contribution in [0.1, 0.15) is 90.4 Å². The normalized spacial score (nSPS) is 32.5. The minimum absolute atomic E-state index is 0.616. The largest absolute Gasteiger partial charge is 0.342 e. The van der Waals surface area contributed by atoms with Crippen molar-refractivity contribution >= 4 is 0 Å². The average molecular weight is 352 g/mol. The first-order valence-electron chi connectivity index (χ1n) is 11.3. The Morgan fingerprint density at radius 2 is 1.73 bits per heavy atom. The zero-order chi connectivity index (χ0) is 17.8. The van der Waals surface area contributed by atoms with Crippen LogP contribution in [0.3, 0.4) is 0 Å². The molecule has 0 heterocycles. The molecule has 4 aliphatic rings. The first kappa shape index (κ1) is 18.1. The van der Waals surface area contributed by atoms with Crippen LogP contribution in [0.25, 0.3) is 0 Å². The minimum atomic E-state index is 0.616. The molecule has 0 aromatic rings. The van der Waals surface area contributed by atoms with Gasteiger partial charge in [0.15, 0.2) is 0 Å². The van der Waals surface area contributed by atoms with E-state index < -0.39 is 0 Å². The summed E-state index contributed by atoms with van der Waals surface area (Å²) < 4.78 is 0. The fourth-order valence-corrected chi connectivity index (χ4v) is 5.39. The summed E-state index contributed by atoms with van der Waals surface area (Å²) in [6, 6.07) is 0.616. The summed E-state index contributed by atoms with van der Waals surface area (Å²) in [5, 5.41) is 0. The number of allylic oxidation sites excluding steroid dienone is 7. The molecular formula is C25H37N. The van der Waals surface area contributed by atoms with Crippen molar-refractivity contribution in [3.05, 3.63) is 47.3 Å². The van der Waals surface area contributed by atoms with Gasteiger partial charge in [0.05, 0.1) is 6.04 Å². The molecule has 0 bridgehead atoms. The minimum Gasteiger partial charge on any atom is -0.342 e. The molecule has 0 saturated carbocycles. The van der Waals surface area contributed by atoms with Crippen molar-refractivity contribution in [2.75, 3.05) is 0 Å². The Hall–Kier alpha value is -1.24. The van der Waals surface area contributed by atoms with E-state index in [1.807, 2.05) is 0 Å².